The van der Waals surface area contributed by atoms with E-state index in [1.54, 1.807) is 0 Å². The predicted octanol–water partition coefficient (Wildman–Crippen LogP) is 4.93. The van der Waals surface area contributed by atoms with E-state index in [4.69, 9.17) is 9.57 Å². The Morgan fingerprint density at radius 2 is 1.80 bits per heavy atom. The van der Waals surface area contributed by atoms with Crippen LogP contribution in [-0.4, -0.2) is 29.1 Å². The summed E-state index contributed by atoms with van der Waals surface area (Å²) in [6.45, 7) is 4.96. The van der Waals surface area contributed by atoms with E-state index in [0.29, 0.717) is 10.5 Å². The number of carbonyl (C=O) groups is 3. The van der Waals surface area contributed by atoms with Gasteiger partial charge in [0.15, 0.2) is 0 Å². The van der Waals surface area contributed by atoms with Crippen molar-refractivity contribution < 1.29 is 24.0 Å². The number of allylic oxidation sites excluding steroid dienone is 1. The Balaban J connectivity index is 1.25. The van der Waals surface area contributed by atoms with E-state index in [9.17, 15) is 14.4 Å². The number of hydrogen-bond acceptors (Lipinski definition) is 5. The minimum Gasteiger partial charge on any atom is -0.429 e. The molecule has 0 aromatic carbocycles. The van der Waals surface area contributed by atoms with Gasteiger partial charge in [0.2, 0.25) is 0 Å². The lowest BCUT2D eigenvalue weighted by Crippen LogP contribution is -2.49. The van der Waals surface area contributed by atoms with E-state index in [2.05, 4.69) is 19.9 Å². The molecule has 2 amide bonds. The molecule has 0 aromatic rings. The van der Waals surface area contributed by atoms with Crippen LogP contribution in [0.5, 0.6) is 0 Å². The highest BCUT2D eigenvalue weighted by Gasteiger charge is 2.56. The van der Waals surface area contributed by atoms with Gasteiger partial charge in [0.1, 0.15) is 6.10 Å². The molecule has 164 valence electrons. The Kier molecular flexibility index (Phi) is 4.75. The molecule has 0 spiro atoms. The second-order valence-electron chi connectivity index (χ2n) is 10.8. The quantitative estimate of drug-likeness (QED) is 0.363. The number of carbonyl (C=O) groups excluding carboxylic acids is 3. The number of amides is 2. The summed E-state index contributed by atoms with van der Waals surface area (Å²) < 4.78 is 5.52. The van der Waals surface area contributed by atoms with Crippen LogP contribution in [0.3, 0.4) is 0 Å². The molecule has 4 aliphatic carbocycles. The molecule has 0 unspecified atom stereocenters. The molecule has 0 radical (unpaired) electrons. The molecule has 3 saturated carbocycles. The van der Waals surface area contributed by atoms with Gasteiger partial charge in [-0.25, -0.2) is 4.79 Å². The Hall–Kier alpha value is -1.85. The maximum atomic E-state index is 12.2. The number of hydroxylamine groups is 2. The number of fused-ring (bicyclic) bond motifs is 5. The molecular formula is C24H33NO5. The van der Waals surface area contributed by atoms with E-state index in [-0.39, 0.29) is 24.4 Å². The molecule has 6 atom stereocenters. The van der Waals surface area contributed by atoms with Crippen LogP contribution in [0.4, 0.5) is 4.79 Å². The van der Waals surface area contributed by atoms with Crippen LogP contribution in [-0.2, 0) is 19.2 Å². The fourth-order valence-corrected chi connectivity index (χ4v) is 7.61. The van der Waals surface area contributed by atoms with Gasteiger partial charge in [-0.3, -0.25) is 14.4 Å². The van der Waals surface area contributed by atoms with Crippen molar-refractivity contribution in [3.8, 4) is 0 Å². The first kappa shape index (κ1) is 20.1. The van der Waals surface area contributed by atoms with Crippen molar-refractivity contribution in [2.75, 3.05) is 0 Å². The highest BCUT2D eigenvalue weighted by molar-refractivity contribution is 6.01. The van der Waals surface area contributed by atoms with Gasteiger partial charge < -0.3 is 4.74 Å². The maximum absolute atomic E-state index is 12.2. The lowest BCUT2D eigenvalue weighted by Gasteiger charge is -2.57. The standard InChI is InChI=1S/C24H33NO5/c1-23-11-3-4-18(23)17-6-5-15-14-16(9-13-24(15,2)19(17)10-12-23)29-22(28)30-25-20(26)7-8-21(25)27/h5,16-19H,3-4,6-14H2,1-2H3/t16-,17-,18-,19-,23-,24-/m0/s1. The van der Waals surface area contributed by atoms with Crippen molar-refractivity contribution in [1.82, 2.24) is 5.06 Å². The summed E-state index contributed by atoms with van der Waals surface area (Å²) in [4.78, 5) is 40.4. The van der Waals surface area contributed by atoms with E-state index in [1.807, 2.05) is 0 Å². The van der Waals surface area contributed by atoms with Gasteiger partial charge >= 0.3 is 6.16 Å². The minimum absolute atomic E-state index is 0.0867. The SMILES string of the molecule is C[C@@]12CCC[C@H]1[C@@H]1CC=C3C[C@@H](OC(=O)ON4C(=O)CCC4=O)CC[C@]3(C)[C@H]1CC2. The van der Waals surface area contributed by atoms with Gasteiger partial charge in [-0.15, -0.1) is 0 Å². The molecule has 0 bridgehead atoms. The zero-order chi connectivity index (χ0) is 21.1. The zero-order valence-electron chi connectivity index (χ0n) is 18.2. The van der Waals surface area contributed by atoms with Crippen LogP contribution in [0.25, 0.3) is 0 Å². The Morgan fingerprint density at radius 1 is 1.03 bits per heavy atom. The van der Waals surface area contributed by atoms with Crippen LogP contribution < -0.4 is 0 Å². The second-order valence-corrected chi connectivity index (χ2v) is 10.8. The van der Waals surface area contributed by atoms with Gasteiger partial charge in [0, 0.05) is 19.3 Å². The highest BCUT2D eigenvalue weighted by Crippen LogP contribution is 2.64. The van der Waals surface area contributed by atoms with E-state index >= 15 is 0 Å². The third-order valence-corrected chi connectivity index (χ3v) is 9.27. The van der Waals surface area contributed by atoms with Crippen molar-refractivity contribution >= 4 is 18.0 Å². The predicted molar refractivity (Wildman–Crippen MR) is 109 cm³/mol. The van der Waals surface area contributed by atoms with E-state index < -0.39 is 18.0 Å². The lowest BCUT2D eigenvalue weighted by atomic mass is 9.48. The second kappa shape index (κ2) is 7.10. The maximum Gasteiger partial charge on any atom is 0.534 e. The summed E-state index contributed by atoms with van der Waals surface area (Å²) in [6.07, 6.45) is 12.0. The number of hydrogen-bond donors (Lipinski definition) is 0. The molecule has 5 rings (SSSR count). The summed E-state index contributed by atoms with van der Waals surface area (Å²) in [7, 11) is 0. The van der Waals surface area contributed by atoms with Crippen molar-refractivity contribution in [2.24, 2.45) is 28.6 Å². The average molecular weight is 416 g/mol. The Bertz CT molecular complexity index is 789. The van der Waals surface area contributed by atoms with E-state index in [0.717, 1.165) is 43.4 Å². The molecule has 6 nitrogen and oxygen atoms in total. The van der Waals surface area contributed by atoms with Gasteiger partial charge in [0.25, 0.3) is 11.8 Å². The topological polar surface area (TPSA) is 72.9 Å². The highest BCUT2D eigenvalue weighted by atomic mass is 16.8. The lowest BCUT2D eigenvalue weighted by molar-refractivity contribution is -0.179. The van der Waals surface area contributed by atoms with Gasteiger partial charge in [-0.05, 0) is 73.5 Å². The Morgan fingerprint density at radius 3 is 2.57 bits per heavy atom. The van der Waals surface area contributed by atoms with Crippen LogP contribution >= 0.6 is 0 Å². The van der Waals surface area contributed by atoms with Crippen LogP contribution in [0, 0.1) is 28.6 Å². The normalized spacial score (nSPS) is 42.9. The molecule has 1 aliphatic heterocycles. The number of nitrogens with zero attached hydrogens (tertiary/aromatic N) is 1. The first-order valence-corrected chi connectivity index (χ1v) is 11.7. The summed E-state index contributed by atoms with van der Waals surface area (Å²) in [5.41, 5.74) is 2.19. The number of ether oxygens (including phenoxy) is 1. The number of imide groups is 1. The molecule has 0 aromatic heterocycles. The van der Waals surface area contributed by atoms with Crippen LogP contribution in [0.15, 0.2) is 11.6 Å². The largest absolute Gasteiger partial charge is 0.534 e. The monoisotopic (exact) mass is 415 g/mol. The van der Waals surface area contributed by atoms with Crippen molar-refractivity contribution in [3.05, 3.63) is 11.6 Å². The third-order valence-electron chi connectivity index (χ3n) is 9.27. The molecule has 5 aliphatic rings. The summed E-state index contributed by atoms with van der Waals surface area (Å²) in [5, 5.41) is 0.556. The molecule has 1 saturated heterocycles. The first-order valence-electron chi connectivity index (χ1n) is 11.7. The van der Waals surface area contributed by atoms with Gasteiger partial charge in [-0.2, -0.15) is 0 Å². The molecule has 1 heterocycles. The average Bonchev–Trinajstić information content (AvgIpc) is 3.25. The van der Waals surface area contributed by atoms with Gasteiger partial charge in [-0.1, -0.05) is 37.0 Å². The summed E-state index contributed by atoms with van der Waals surface area (Å²) in [6, 6.07) is 0. The smallest absolute Gasteiger partial charge is 0.429 e. The van der Waals surface area contributed by atoms with Crippen molar-refractivity contribution in [3.63, 3.8) is 0 Å². The molecule has 4 fully saturated rings. The summed E-state index contributed by atoms with van der Waals surface area (Å²) >= 11 is 0. The van der Waals surface area contributed by atoms with Gasteiger partial charge in [0.05, 0.1) is 0 Å². The third kappa shape index (κ3) is 3.09. The van der Waals surface area contributed by atoms with Crippen LogP contribution in [0.1, 0.15) is 84.5 Å². The number of rotatable bonds is 2. The molecule has 6 heteroatoms. The Labute approximate surface area is 178 Å². The van der Waals surface area contributed by atoms with Crippen molar-refractivity contribution in [1.29, 1.82) is 0 Å². The fourth-order valence-electron chi connectivity index (χ4n) is 7.61. The first-order chi connectivity index (χ1) is 14.3. The van der Waals surface area contributed by atoms with Crippen molar-refractivity contribution in [2.45, 2.75) is 90.6 Å². The minimum atomic E-state index is -0.944. The van der Waals surface area contributed by atoms with E-state index in [1.165, 1.54) is 37.7 Å². The summed E-state index contributed by atoms with van der Waals surface area (Å²) in [5.74, 6) is 1.44. The fraction of sp³-hybridized carbons (Fsp3) is 0.792. The van der Waals surface area contributed by atoms with Crippen LogP contribution in [0.2, 0.25) is 0 Å². The molecular weight excluding hydrogens is 382 g/mol. The molecule has 30 heavy (non-hydrogen) atoms. The molecule has 0 N–H and O–H groups in total. The zero-order valence-corrected chi connectivity index (χ0v) is 18.2.